The molecule has 0 saturated heterocycles. The lowest BCUT2D eigenvalue weighted by Crippen LogP contribution is -2.52. The van der Waals surface area contributed by atoms with E-state index in [2.05, 4.69) is 24.5 Å². The van der Waals surface area contributed by atoms with Crippen LogP contribution in [0.3, 0.4) is 0 Å². The third kappa shape index (κ3) is 6.31. The fraction of sp³-hybridized carbons (Fsp3) is 0.650. The van der Waals surface area contributed by atoms with Gasteiger partial charge in [-0.25, -0.2) is 9.18 Å². The predicted octanol–water partition coefficient (Wildman–Crippen LogP) is 4.21. The minimum Gasteiger partial charge on any atom is -0.444 e. The maximum absolute atomic E-state index is 13.3. The molecule has 25 heavy (non-hydrogen) atoms. The van der Waals surface area contributed by atoms with Crippen molar-refractivity contribution in [3.05, 3.63) is 35.6 Å². The highest BCUT2D eigenvalue weighted by Gasteiger charge is 2.32. The highest BCUT2D eigenvalue weighted by atomic mass is 19.1. The largest absolute Gasteiger partial charge is 0.444 e. The van der Waals surface area contributed by atoms with Crippen molar-refractivity contribution in [1.29, 1.82) is 0 Å². The fourth-order valence-corrected chi connectivity index (χ4v) is 3.08. The van der Waals surface area contributed by atoms with Crippen LogP contribution < -0.4 is 10.6 Å². The van der Waals surface area contributed by atoms with Crippen molar-refractivity contribution in [3.8, 4) is 0 Å². The minimum atomic E-state index is -0.489. The molecule has 0 bridgehead atoms. The van der Waals surface area contributed by atoms with Gasteiger partial charge in [-0.1, -0.05) is 26.0 Å². The molecular formula is C20H31FN2O2. The average molecular weight is 350 g/mol. The second kappa shape index (κ2) is 8.17. The normalized spacial score (nSPS) is 21.6. The van der Waals surface area contributed by atoms with E-state index in [0.29, 0.717) is 24.4 Å². The summed E-state index contributed by atoms with van der Waals surface area (Å²) < 4.78 is 18.6. The molecule has 0 aliphatic heterocycles. The van der Waals surface area contributed by atoms with E-state index in [1.807, 2.05) is 26.8 Å². The van der Waals surface area contributed by atoms with E-state index in [0.717, 1.165) is 18.4 Å². The van der Waals surface area contributed by atoms with Crippen molar-refractivity contribution in [2.75, 3.05) is 6.54 Å². The number of hydrogen-bond acceptors (Lipinski definition) is 3. The highest BCUT2D eigenvalue weighted by Crippen LogP contribution is 2.37. The Morgan fingerprint density at radius 2 is 2.00 bits per heavy atom. The molecule has 1 aromatic rings. The number of nitrogens with one attached hydrogen (secondary N) is 2. The quantitative estimate of drug-likeness (QED) is 0.808. The third-order valence-electron chi connectivity index (χ3n) is 4.58. The summed E-state index contributed by atoms with van der Waals surface area (Å²) in [5.41, 5.74) is 0.586. The Labute approximate surface area is 150 Å². The smallest absolute Gasteiger partial charge is 0.407 e. The first-order valence-electron chi connectivity index (χ1n) is 9.12. The fourth-order valence-electron chi connectivity index (χ4n) is 3.08. The summed E-state index contributed by atoms with van der Waals surface area (Å²) in [7, 11) is 0. The van der Waals surface area contributed by atoms with E-state index in [-0.39, 0.29) is 18.0 Å². The Balaban J connectivity index is 1.78. The first-order chi connectivity index (χ1) is 11.6. The number of amides is 1. The van der Waals surface area contributed by atoms with Crippen LogP contribution in [0.5, 0.6) is 0 Å². The number of alkyl carbamates (subject to hydrolysis) is 1. The van der Waals surface area contributed by atoms with Crippen LogP contribution in [0.1, 0.15) is 58.9 Å². The topological polar surface area (TPSA) is 50.4 Å². The van der Waals surface area contributed by atoms with E-state index in [1.165, 1.54) is 6.07 Å². The summed E-state index contributed by atoms with van der Waals surface area (Å²) >= 11 is 0. The Bertz CT molecular complexity index is 577. The van der Waals surface area contributed by atoms with Crippen molar-refractivity contribution < 1.29 is 13.9 Å². The van der Waals surface area contributed by atoms with Crippen LogP contribution in [0.25, 0.3) is 0 Å². The number of halogens is 1. The van der Waals surface area contributed by atoms with Gasteiger partial charge in [0.05, 0.1) is 0 Å². The maximum Gasteiger partial charge on any atom is 0.407 e. The summed E-state index contributed by atoms with van der Waals surface area (Å²) in [5, 5.41) is 6.47. The number of ether oxygens (including phenoxy) is 1. The van der Waals surface area contributed by atoms with Crippen molar-refractivity contribution in [1.82, 2.24) is 10.6 Å². The van der Waals surface area contributed by atoms with Crippen molar-refractivity contribution in [3.63, 3.8) is 0 Å². The van der Waals surface area contributed by atoms with Crippen LogP contribution in [-0.2, 0) is 4.74 Å². The summed E-state index contributed by atoms with van der Waals surface area (Å²) in [6.07, 6.45) is 1.62. The molecule has 1 atom stereocenters. The lowest BCUT2D eigenvalue weighted by Gasteiger charge is -2.40. The molecule has 0 radical (unpaired) electrons. The Hall–Kier alpha value is -1.62. The van der Waals surface area contributed by atoms with Gasteiger partial charge < -0.3 is 15.4 Å². The van der Waals surface area contributed by atoms with E-state index in [9.17, 15) is 9.18 Å². The molecular weight excluding hydrogens is 319 g/mol. The number of carbonyl (C=O) groups is 1. The third-order valence-corrected chi connectivity index (χ3v) is 4.58. The van der Waals surface area contributed by atoms with Gasteiger partial charge in [0.2, 0.25) is 0 Å². The van der Waals surface area contributed by atoms with Crippen LogP contribution in [-0.4, -0.2) is 30.3 Å². The van der Waals surface area contributed by atoms with E-state index in [1.54, 1.807) is 12.1 Å². The number of rotatable bonds is 6. The van der Waals surface area contributed by atoms with Gasteiger partial charge in [-0.15, -0.1) is 0 Å². The van der Waals surface area contributed by atoms with Gasteiger partial charge in [0.25, 0.3) is 0 Å². The molecule has 2 rings (SSSR count). The molecule has 1 aromatic carbocycles. The Kier molecular flexibility index (Phi) is 6.44. The summed E-state index contributed by atoms with van der Waals surface area (Å²) in [6.45, 7) is 10.4. The van der Waals surface area contributed by atoms with Crippen molar-refractivity contribution in [2.45, 2.75) is 71.1 Å². The second-order valence-corrected chi connectivity index (χ2v) is 8.32. The Morgan fingerprint density at radius 3 is 2.56 bits per heavy atom. The molecule has 0 aromatic heterocycles. The summed E-state index contributed by atoms with van der Waals surface area (Å²) in [4.78, 5) is 11.8. The van der Waals surface area contributed by atoms with Gasteiger partial charge in [-0.05, 0) is 63.1 Å². The highest BCUT2D eigenvalue weighted by molar-refractivity contribution is 5.67. The van der Waals surface area contributed by atoms with E-state index in [4.69, 9.17) is 4.74 Å². The van der Waals surface area contributed by atoms with Crippen LogP contribution in [0.2, 0.25) is 0 Å². The second-order valence-electron chi connectivity index (χ2n) is 8.32. The first kappa shape index (κ1) is 19.7. The molecule has 5 heteroatoms. The zero-order valence-corrected chi connectivity index (χ0v) is 15.9. The molecule has 2 N–H and O–H groups in total. The van der Waals surface area contributed by atoms with Crippen LogP contribution >= 0.6 is 0 Å². The molecule has 0 spiro atoms. The first-order valence-corrected chi connectivity index (χ1v) is 9.12. The van der Waals surface area contributed by atoms with Gasteiger partial charge in [-0.3, -0.25) is 0 Å². The van der Waals surface area contributed by atoms with Crippen LogP contribution in [0, 0.1) is 11.7 Å². The molecule has 4 nitrogen and oxygen atoms in total. The zero-order chi connectivity index (χ0) is 18.6. The number of hydrogen-bond donors (Lipinski definition) is 2. The summed E-state index contributed by atoms with van der Waals surface area (Å²) in [6, 6.07) is 7.47. The molecule has 0 heterocycles. The van der Waals surface area contributed by atoms with Gasteiger partial charge >= 0.3 is 6.09 Å². The van der Waals surface area contributed by atoms with Gasteiger partial charge in [0.15, 0.2) is 0 Å². The van der Waals surface area contributed by atoms with Gasteiger partial charge in [-0.2, -0.15) is 0 Å². The molecule has 1 unspecified atom stereocenters. The molecule has 1 amide bonds. The SMILES string of the molecule is CC(C)C(CNC(=O)OC(C)(C)C)NC1CC(c2cccc(F)c2)C1. The maximum atomic E-state index is 13.3. The molecule has 1 saturated carbocycles. The average Bonchev–Trinajstić information content (AvgIpc) is 2.42. The predicted molar refractivity (Wildman–Crippen MR) is 98.2 cm³/mol. The standard InChI is InChI=1S/C20H31FN2O2/c1-13(2)18(12-22-19(24)25-20(3,4)5)23-17-10-15(11-17)14-7-6-8-16(21)9-14/h6-9,13,15,17-18,23H,10-12H2,1-5H3,(H,22,24). The minimum absolute atomic E-state index is 0.171. The summed E-state index contributed by atoms with van der Waals surface area (Å²) in [5.74, 6) is 0.638. The van der Waals surface area contributed by atoms with Crippen molar-refractivity contribution >= 4 is 6.09 Å². The van der Waals surface area contributed by atoms with E-state index >= 15 is 0 Å². The number of carbonyl (C=O) groups excluding carboxylic acids is 1. The molecule has 1 aliphatic rings. The molecule has 1 aliphatic carbocycles. The van der Waals surface area contributed by atoms with E-state index < -0.39 is 5.60 Å². The van der Waals surface area contributed by atoms with Gasteiger partial charge in [0, 0.05) is 18.6 Å². The van der Waals surface area contributed by atoms with Crippen LogP contribution in [0.4, 0.5) is 9.18 Å². The lowest BCUT2D eigenvalue weighted by atomic mass is 9.75. The van der Waals surface area contributed by atoms with Crippen molar-refractivity contribution in [2.24, 2.45) is 5.92 Å². The zero-order valence-electron chi connectivity index (χ0n) is 15.9. The van der Waals surface area contributed by atoms with Crippen LogP contribution in [0.15, 0.2) is 24.3 Å². The molecule has 140 valence electrons. The molecule has 1 fully saturated rings. The lowest BCUT2D eigenvalue weighted by molar-refractivity contribution is 0.0516. The Morgan fingerprint density at radius 1 is 1.32 bits per heavy atom. The number of benzene rings is 1. The monoisotopic (exact) mass is 350 g/mol. The van der Waals surface area contributed by atoms with Gasteiger partial charge in [0.1, 0.15) is 11.4 Å².